The highest BCUT2D eigenvalue weighted by atomic mass is 79.9. The number of nitrogens with one attached hydrogen (secondary N) is 1. The van der Waals surface area contributed by atoms with Gasteiger partial charge in [-0.05, 0) is 53.4 Å². The molecule has 0 aromatic heterocycles. The van der Waals surface area contributed by atoms with E-state index in [2.05, 4.69) is 21.2 Å². The molecule has 1 N–H and O–H groups in total. The first kappa shape index (κ1) is 15.5. The van der Waals surface area contributed by atoms with Crippen molar-refractivity contribution in [1.29, 1.82) is 0 Å². The minimum atomic E-state index is -3.66. The molecule has 2 rings (SSSR count). The Morgan fingerprint density at radius 1 is 1.45 bits per heavy atom. The Hall–Kier alpha value is -0.920. The van der Waals surface area contributed by atoms with Gasteiger partial charge in [0, 0.05) is 18.1 Å². The largest absolute Gasteiger partial charge is 0.358 e. The molecular formula is C13H17BrN2O3S. The van der Waals surface area contributed by atoms with E-state index in [4.69, 9.17) is 0 Å². The second-order valence-electron chi connectivity index (χ2n) is 4.82. The van der Waals surface area contributed by atoms with Gasteiger partial charge in [-0.15, -0.1) is 0 Å². The molecule has 0 bridgehead atoms. The molecule has 1 aliphatic heterocycles. The summed E-state index contributed by atoms with van der Waals surface area (Å²) in [4.78, 5) is 12.0. The van der Waals surface area contributed by atoms with Crippen LogP contribution >= 0.6 is 15.9 Å². The topological polar surface area (TPSA) is 66.5 Å². The number of hydrogen-bond acceptors (Lipinski definition) is 3. The first-order valence-electron chi connectivity index (χ1n) is 6.37. The molecule has 1 saturated heterocycles. The molecule has 20 heavy (non-hydrogen) atoms. The second kappa shape index (κ2) is 5.83. The zero-order valence-corrected chi connectivity index (χ0v) is 13.8. The van der Waals surface area contributed by atoms with E-state index in [0.717, 1.165) is 5.56 Å². The zero-order chi connectivity index (χ0) is 14.9. The quantitative estimate of drug-likeness (QED) is 0.891. The predicted molar refractivity (Wildman–Crippen MR) is 79.9 cm³/mol. The first-order valence-corrected chi connectivity index (χ1v) is 8.61. The number of carbonyl (C=O) groups is 1. The summed E-state index contributed by atoms with van der Waals surface area (Å²) in [6.07, 6.45) is 1.25. The van der Waals surface area contributed by atoms with Crippen molar-refractivity contribution >= 4 is 31.9 Å². The van der Waals surface area contributed by atoms with E-state index in [0.29, 0.717) is 23.9 Å². The standard InChI is InChI=1S/C13H17BrN2O3S/c1-9-5-6-12(10(14)8-9)20(18,19)16-7-3-4-11(16)13(17)15-2/h5-6,8,11H,3-4,7H2,1-2H3,(H,15,17). The Morgan fingerprint density at radius 3 is 2.75 bits per heavy atom. The monoisotopic (exact) mass is 360 g/mol. The highest BCUT2D eigenvalue weighted by Gasteiger charge is 2.39. The van der Waals surface area contributed by atoms with Crippen LogP contribution in [0.3, 0.4) is 0 Å². The van der Waals surface area contributed by atoms with E-state index in [9.17, 15) is 13.2 Å². The first-order chi connectivity index (χ1) is 9.37. The Labute approximate surface area is 127 Å². The summed E-state index contributed by atoms with van der Waals surface area (Å²) in [5, 5.41) is 2.53. The third-order valence-corrected chi connectivity index (χ3v) is 6.31. The summed E-state index contributed by atoms with van der Waals surface area (Å²) in [5.74, 6) is -0.255. The van der Waals surface area contributed by atoms with Gasteiger partial charge in [-0.1, -0.05) is 6.07 Å². The summed E-state index contributed by atoms with van der Waals surface area (Å²) < 4.78 is 27.2. The number of sulfonamides is 1. The Kier molecular flexibility index (Phi) is 4.51. The maximum absolute atomic E-state index is 12.7. The summed E-state index contributed by atoms with van der Waals surface area (Å²) in [7, 11) is -2.14. The number of amides is 1. The van der Waals surface area contributed by atoms with Gasteiger partial charge in [0.15, 0.2) is 0 Å². The fraction of sp³-hybridized carbons (Fsp3) is 0.462. The Morgan fingerprint density at radius 2 is 2.15 bits per heavy atom. The number of hydrogen-bond donors (Lipinski definition) is 1. The lowest BCUT2D eigenvalue weighted by Crippen LogP contribution is -2.44. The lowest BCUT2D eigenvalue weighted by molar-refractivity contribution is -0.123. The van der Waals surface area contributed by atoms with Crippen molar-refractivity contribution in [2.24, 2.45) is 0 Å². The Balaban J connectivity index is 2.41. The van der Waals surface area contributed by atoms with Crippen LogP contribution in [0, 0.1) is 6.92 Å². The van der Waals surface area contributed by atoms with Crippen LogP contribution in [-0.2, 0) is 14.8 Å². The number of carbonyl (C=O) groups excluding carboxylic acids is 1. The molecule has 1 aliphatic rings. The molecule has 1 atom stereocenters. The molecule has 7 heteroatoms. The number of rotatable bonds is 3. The van der Waals surface area contributed by atoms with Crippen molar-refractivity contribution in [1.82, 2.24) is 9.62 Å². The van der Waals surface area contributed by atoms with Crippen molar-refractivity contribution < 1.29 is 13.2 Å². The van der Waals surface area contributed by atoms with Crippen LogP contribution in [-0.4, -0.2) is 38.3 Å². The van der Waals surface area contributed by atoms with E-state index in [1.54, 1.807) is 18.2 Å². The van der Waals surface area contributed by atoms with Crippen LogP contribution in [0.15, 0.2) is 27.6 Å². The molecule has 1 heterocycles. The van der Waals surface area contributed by atoms with Crippen LogP contribution in [0.2, 0.25) is 0 Å². The molecule has 1 aromatic carbocycles. The summed E-state index contributed by atoms with van der Waals surface area (Å²) in [6.45, 7) is 2.27. The molecule has 5 nitrogen and oxygen atoms in total. The maximum Gasteiger partial charge on any atom is 0.244 e. The van der Waals surface area contributed by atoms with Crippen molar-refractivity contribution in [3.8, 4) is 0 Å². The SMILES string of the molecule is CNC(=O)C1CCCN1S(=O)(=O)c1ccc(C)cc1Br. The van der Waals surface area contributed by atoms with Gasteiger partial charge in [0.05, 0.1) is 4.90 Å². The number of likely N-dealkylation sites (N-methyl/N-ethyl adjacent to an activating group) is 1. The summed E-state index contributed by atoms with van der Waals surface area (Å²) in [5.41, 5.74) is 0.972. The average Bonchev–Trinajstić information content (AvgIpc) is 2.87. The van der Waals surface area contributed by atoms with Gasteiger partial charge >= 0.3 is 0 Å². The van der Waals surface area contributed by atoms with Crippen molar-refractivity contribution in [2.75, 3.05) is 13.6 Å². The lowest BCUT2D eigenvalue weighted by atomic mass is 10.2. The van der Waals surface area contributed by atoms with E-state index in [1.807, 2.05) is 6.92 Å². The molecular weight excluding hydrogens is 344 g/mol. The second-order valence-corrected chi connectivity index (χ2v) is 7.54. The molecule has 0 aliphatic carbocycles. The minimum Gasteiger partial charge on any atom is -0.358 e. The van der Waals surface area contributed by atoms with Crippen LogP contribution in [0.25, 0.3) is 0 Å². The summed E-state index contributed by atoms with van der Waals surface area (Å²) in [6, 6.07) is 4.48. The predicted octanol–water partition coefficient (Wildman–Crippen LogP) is 1.66. The van der Waals surface area contributed by atoms with Gasteiger partial charge in [0.2, 0.25) is 15.9 Å². The number of nitrogens with zero attached hydrogens (tertiary/aromatic N) is 1. The maximum atomic E-state index is 12.7. The Bertz CT molecular complexity index is 631. The molecule has 1 aromatic rings. The van der Waals surface area contributed by atoms with E-state index >= 15 is 0 Å². The van der Waals surface area contributed by atoms with E-state index in [1.165, 1.54) is 11.4 Å². The van der Waals surface area contributed by atoms with E-state index < -0.39 is 16.1 Å². The third kappa shape index (κ3) is 2.75. The summed E-state index contributed by atoms with van der Waals surface area (Å²) >= 11 is 3.30. The molecule has 1 fully saturated rings. The normalized spacial score (nSPS) is 20.1. The van der Waals surface area contributed by atoms with Gasteiger partial charge in [-0.2, -0.15) is 4.31 Å². The average molecular weight is 361 g/mol. The van der Waals surface area contributed by atoms with Crippen LogP contribution < -0.4 is 5.32 Å². The molecule has 0 saturated carbocycles. The number of halogens is 1. The van der Waals surface area contributed by atoms with Crippen LogP contribution in [0.5, 0.6) is 0 Å². The third-order valence-electron chi connectivity index (χ3n) is 3.43. The van der Waals surface area contributed by atoms with Crippen molar-refractivity contribution in [3.05, 3.63) is 28.2 Å². The van der Waals surface area contributed by atoms with E-state index in [-0.39, 0.29) is 10.8 Å². The van der Waals surface area contributed by atoms with Gasteiger partial charge < -0.3 is 5.32 Å². The van der Waals surface area contributed by atoms with Gasteiger partial charge in [-0.25, -0.2) is 8.42 Å². The van der Waals surface area contributed by atoms with Crippen LogP contribution in [0.4, 0.5) is 0 Å². The van der Waals surface area contributed by atoms with Gasteiger partial charge in [0.1, 0.15) is 6.04 Å². The molecule has 1 amide bonds. The zero-order valence-electron chi connectivity index (χ0n) is 11.4. The molecule has 0 radical (unpaired) electrons. The smallest absolute Gasteiger partial charge is 0.244 e. The van der Waals surface area contributed by atoms with Crippen LogP contribution in [0.1, 0.15) is 18.4 Å². The number of aryl methyl sites for hydroxylation is 1. The molecule has 0 spiro atoms. The lowest BCUT2D eigenvalue weighted by Gasteiger charge is -2.23. The fourth-order valence-corrected chi connectivity index (χ4v) is 5.21. The van der Waals surface area contributed by atoms with Crippen molar-refractivity contribution in [2.45, 2.75) is 30.7 Å². The highest BCUT2D eigenvalue weighted by Crippen LogP contribution is 2.30. The van der Waals surface area contributed by atoms with Gasteiger partial charge in [-0.3, -0.25) is 4.79 Å². The highest BCUT2D eigenvalue weighted by molar-refractivity contribution is 9.10. The molecule has 1 unspecified atom stereocenters. The molecule has 110 valence electrons. The van der Waals surface area contributed by atoms with Crippen molar-refractivity contribution in [3.63, 3.8) is 0 Å². The fourth-order valence-electron chi connectivity index (χ4n) is 2.40. The van der Waals surface area contributed by atoms with Gasteiger partial charge in [0.25, 0.3) is 0 Å². The minimum absolute atomic E-state index is 0.207. The number of benzene rings is 1.